The van der Waals surface area contributed by atoms with Gasteiger partial charge in [-0.2, -0.15) is 0 Å². The van der Waals surface area contributed by atoms with E-state index in [-0.39, 0.29) is 10.0 Å². The zero-order chi connectivity index (χ0) is 14.8. The highest BCUT2D eigenvalue weighted by molar-refractivity contribution is 7.89. The lowest BCUT2D eigenvalue weighted by Gasteiger charge is -2.11. The maximum absolute atomic E-state index is 12.2. The average Bonchev–Trinajstić information content (AvgIpc) is 2.39. The summed E-state index contributed by atoms with van der Waals surface area (Å²) in [5.41, 5.74) is 0.443. The van der Waals surface area contributed by atoms with Crippen molar-refractivity contribution in [3.05, 3.63) is 29.4 Å². The number of fused-ring (bicyclic) bond motifs is 1. The molecule has 0 atom stereocenters. The molecule has 1 aromatic carbocycles. The van der Waals surface area contributed by atoms with Crippen molar-refractivity contribution in [1.82, 2.24) is 9.71 Å². The fourth-order valence-electron chi connectivity index (χ4n) is 1.92. The van der Waals surface area contributed by atoms with Gasteiger partial charge in [-0.05, 0) is 31.2 Å². The van der Waals surface area contributed by atoms with Gasteiger partial charge < -0.3 is 4.74 Å². The van der Waals surface area contributed by atoms with E-state index in [0.717, 1.165) is 0 Å². The number of ether oxygens (including phenoxy) is 1. The minimum absolute atomic E-state index is 0.168. The smallest absolute Gasteiger partial charge is 0.241 e. The number of hydrogen-bond donors (Lipinski definition) is 1. The minimum atomic E-state index is -3.57. The Morgan fingerprint density at radius 1 is 1.25 bits per heavy atom. The molecule has 20 heavy (non-hydrogen) atoms. The van der Waals surface area contributed by atoms with E-state index in [1.807, 2.05) is 6.92 Å². The molecule has 1 aromatic heterocycles. The summed E-state index contributed by atoms with van der Waals surface area (Å²) in [5, 5.41) is 0.776. The average molecular weight is 315 g/mol. The molecule has 0 aliphatic rings. The van der Waals surface area contributed by atoms with Crippen LogP contribution in [0.1, 0.15) is 13.8 Å². The van der Waals surface area contributed by atoms with Crippen LogP contribution >= 0.6 is 11.6 Å². The molecule has 0 bridgehead atoms. The quantitative estimate of drug-likeness (QED) is 0.861. The number of nitrogens with zero attached hydrogens (tertiary/aromatic N) is 1. The van der Waals surface area contributed by atoms with E-state index >= 15 is 0 Å². The molecule has 0 spiro atoms. The van der Waals surface area contributed by atoms with Crippen LogP contribution in [0.3, 0.4) is 0 Å². The summed E-state index contributed by atoms with van der Waals surface area (Å²) >= 11 is 5.89. The lowest BCUT2D eigenvalue weighted by atomic mass is 10.2. The standard InChI is InChI=1S/C13H15ClN2O3S/c1-3-15-20(17,18)11-7-6-10(19-4-2)13-9(11)5-8-12(14)16-13/h5-8,15H,3-4H2,1-2H3. The van der Waals surface area contributed by atoms with Crippen LogP contribution in [0.5, 0.6) is 5.75 Å². The van der Waals surface area contributed by atoms with Crippen molar-refractivity contribution in [2.75, 3.05) is 13.2 Å². The highest BCUT2D eigenvalue weighted by Crippen LogP contribution is 2.30. The fraction of sp³-hybridized carbons (Fsp3) is 0.308. The Hall–Kier alpha value is -1.37. The van der Waals surface area contributed by atoms with Gasteiger partial charge >= 0.3 is 0 Å². The molecule has 1 heterocycles. The maximum Gasteiger partial charge on any atom is 0.241 e. The van der Waals surface area contributed by atoms with Gasteiger partial charge in [-0.25, -0.2) is 18.1 Å². The normalized spacial score (nSPS) is 11.8. The van der Waals surface area contributed by atoms with Crippen molar-refractivity contribution in [2.24, 2.45) is 0 Å². The topological polar surface area (TPSA) is 68.3 Å². The van der Waals surface area contributed by atoms with Crippen LogP contribution in [0.25, 0.3) is 10.9 Å². The second-order valence-corrected chi connectivity index (χ2v) is 6.15. The molecule has 2 rings (SSSR count). The van der Waals surface area contributed by atoms with Crippen LogP contribution in [0.2, 0.25) is 5.15 Å². The summed E-state index contributed by atoms with van der Waals surface area (Å²) in [6.45, 7) is 4.35. The van der Waals surface area contributed by atoms with E-state index in [1.165, 1.54) is 6.07 Å². The Morgan fingerprint density at radius 3 is 2.65 bits per heavy atom. The number of pyridine rings is 1. The van der Waals surface area contributed by atoms with E-state index in [4.69, 9.17) is 16.3 Å². The summed E-state index contributed by atoms with van der Waals surface area (Å²) < 4.78 is 32.3. The molecular formula is C13H15ClN2O3S. The zero-order valence-corrected chi connectivity index (χ0v) is 12.8. The predicted octanol–water partition coefficient (Wildman–Crippen LogP) is 2.59. The second kappa shape index (κ2) is 5.95. The number of rotatable bonds is 5. The molecular weight excluding hydrogens is 300 g/mol. The van der Waals surface area contributed by atoms with Crippen molar-refractivity contribution in [3.63, 3.8) is 0 Å². The summed E-state index contributed by atoms with van der Waals surface area (Å²) in [4.78, 5) is 4.35. The minimum Gasteiger partial charge on any atom is -0.492 e. The molecule has 0 amide bonds. The second-order valence-electron chi connectivity index (χ2n) is 4.03. The number of halogens is 1. The highest BCUT2D eigenvalue weighted by Gasteiger charge is 2.19. The van der Waals surface area contributed by atoms with Crippen LogP contribution in [0, 0.1) is 0 Å². The predicted molar refractivity (Wildman–Crippen MR) is 78.8 cm³/mol. The van der Waals surface area contributed by atoms with Crippen LogP contribution in [-0.2, 0) is 10.0 Å². The van der Waals surface area contributed by atoms with E-state index in [2.05, 4.69) is 9.71 Å². The summed E-state index contributed by atoms with van der Waals surface area (Å²) in [6.07, 6.45) is 0. The molecule has 5 nitrogen and oxygen atoms in total. The van der Waals surface area contributed by atoms with Gasteiger partial charge in [0.25, 0.3) is 0 Å². The van der Waals surface area contributed by atoms with Crippen molar-refractivity contribution in [3.8, 4) is 5.75 Å². The lowest BCUT2D eigenvalue weighted by molar-refractivity contribution is 0.343. The highest BCUT2D eigenvalue weighted by atomic mass is 35.5. The van der Waals surface area contributed by atoms with E-state index in [0.29, 0.717) is 29.8 Å². The van der Waals surface area contributed by atoms with Crippen molar-refractivity contribution in [2.45, 2.75) is 18.7 Å². The molecule has 2 aromatic rings. The third kappa shape index (κ3) is 2.87. The maximum atomic E-state index is 12.2. The first-order chi connectivity index (χ1) is 9.49. The molecule has 7 heteroatoms. The molecule has 0 fully saturated rings. The first-order valence-corrected chi connectivity index (χ1v) is 8.07. The molecule has 108 valence electrons. The summed E-state index contributed by atoms with van der Waals surface area (Å²) in [5.74, 6) is 0.514. The Kier molecular flexibility index (Phi) is 4.47. The van der Waals surface area contributed by atoms with E-state index in [9.17, 15) is 8.42 Å². The molecule has 0 radical (unpaired) electrons. The van der Waals surface area contributed by atoms with Gasteiger partial charge in [0, 0.05) is 11.9 Å². The Labute approximate surface area is 123 Å². The van der Waals surface area contributed by atoms with Crippen molar-refractivity contribution in [1.29, 1.82) is 0 Å². The van der Waals surface area contributed by atoms with Crippen LogP contribution in [0.15, 0.2) is 29.2 Å². The number of nitrogens with one attached hydrogen (secondary N) is 1. The van der Waals surface area contributed by atoms with Gasteiger partial charge in [0.1, 0.15) is 16.4 Å². The number of benzene rings is 1. The molecule has 0 aliphatic carbocycles. The molecule has 1 N–H and O–H groups in total. The van der Waals surface area contributed by atoms with Gasteiger partial charge in [-0.1, -0.05) is 18.5 Å². The number of hydrogen-bond acceptors (Lipinski definition) is 4. The van der Waals surface area contributed by atoms with Gasteiger partial charge in [-0.15, -0.1) is 0 Å². The number of sulfonamides is 1. The Balaban J connectivity index is 2.73. The zero-order valence-electron chi connectivity index (χ0n) is 11.2. The third-order valence-electron chi connectivity index (χ3n) is 2.67. The van der Waals surface area contributed by atoms with Gasteiger partial charge in [0.05, 0.1) is 11.5 Å². The molecule has 0 saturated heterocycles. The lowest BCUT2D eigenvalue weighted by Crippen LogP contribution is -2.23. The van der Waals surface area contributed by atoms with Crippen LogP contribution in [-0.4, -0.2) is 26.6 Å². The Bertz CT molecular complexity index is 732. The molecule has 0 aliphatic heterocycles. The van der Waals surface area contributed by atoms with Gasteiger partial charge in [-0.3, -0.25) is 0 Å². The van der Waals surface area contributed by atoms with Gasteiger partial charge in [0.2, 0.25) is 10.0 Å². The van der Waals surface area contributed by atoms with Gasteiger partial charge in [0.15, 0.2) is 0 Å². The van der Waals surface area contributed by atoms with E-state index < -0.39 is 10.0 Å². The number of aromatic nitrogens is 1. The SMILES string of the molecule is CCNS(=O)(=O)c1ccc(OCC)c2nc(Cl)ccc12. The first kappa shape index (κ1) is 15.0. The van der Waals surface area contributed by atoms with E-state index in [1.54, 1.807) is 25.1 Å². The third-order valence-corrected chi connectivity index (χ3v) is 4.48. The summed E-state index contributed by atoms with van der Waals surface area (Å²) in [6, 6.07) is 6.31. The monoisotopic (exact) mass is 314 g/mol. The Morgan fingerprint density at radius 2 is 2.00 bits per heavy atom. The van der Waals surface area contributed by atoms with Crippen molar-refractivity contribution < 1.29 is 13.2 Å². The molecule has 0 saturated carbocycles. The summed E-state index contributed by atoms with van der Waals surface area (Å²) in [7, 11) is -3.57. The fourth-order valence-corrected chi connectivity index (χ4v) is 3.30. The molecule has 0 unspecified atom stereocenters. The van der Waals surface area contributed by atoms with Crippen LogP contribution < -0.4 is 9.46 Å². The first-order valence-electron chi connectivity index (χ1n) is 6.21. The van der Waals surface area contributed by atoms with Crippen molar-refractivity contribution >= 4 is 32.5 Å². The van der Waals surface area contributed by atoms with Crippen LogP contribution in [0.4, 0.5) is 0 Å². The largest absolute Gasteiger partial charge is 0.492 e.